The van der Waals surface area contributed by atoms with Gasteiger partial charge in [-0.25, -0.2) is 0 Å². The lowest BCUT2D eigenvalue weighted by atomic mass is 10.1. The predicted molar refractivity (Wildman–Crippen MR) is 49.5 cm³/mol. The van der Waals surface area contributed by atoms with Gasteiger partial charge in [-0.3, -0.25) is 0 Å². The first kappa shape index (κ1) is 11.2. The Morgan fingerprint density at radius 2 is 1.87 bits per heavy atom. The number of hydrogen-bond donors (Lipinski definition) is 1. The summed E-state index contributed by atoms with van der Waals surface area (Å²) in [6, 6.07) is 0. The molecule has 0 aromatic carbocycles. The second-order valence-corrected chi connectivity index (χ2v) is 4.43. The van der Waals surface area contributed by atoms with Gasteiger partial charge < -0.3 is 10.1 Å². The van der Waals surface area contributed by atoms with Crippen molar-refractivity contribution in [3.05, 3.63) is 0 Å². The summed E-state index contributed by atoms with van der Waals surface area (Å²) in [6.07, 6.45) is -1.75. The zero-order valence-corrected chi connectivity index (χ0v) is 8.52. The quantitative estimate of drug-likeness (QED) is 0.789. The molecule has 5 heteroatoms. The van der Waals surface area contributed by atoms with Gasteiger partial charge in [-0.15, -0.1) is 0 Å². The van der Waals surface area contributed by atoms with Crippen LogP contribution in [0.25, 0.3) is 0 Å². The number of alkyl halides is 3. The average Bonchev–Trinajstić information content (AvgIpc) is 2.95. The number of nitrogens with one attached hydrogen (secondary N) is 1. The molecule has 2 aliphatic rings. The summed E-state index contributed by atoms with van der Waals surface area (Å²) in [7, 11) is 0. The van der Waals surface area contributed by atoms with E-state index in [0.717, 1.165) is 25.9 Å². The number of ether oxygens (including phenoxy) is 1. The van der Waals surface area contributed by atoms with Crippen molar-refractivity contribution >= 4 is 0 Å². The Morgan fingerprint density at radius 1 is 1.20 bits per heavy atom. The van der Waals surface area contributed by atoms with Gasteiger partial charge in [0.15, 0.2) is 0 Å². The topological polar surface area (TPSA) is 21.3 Å². The molecule has 1 heterocycles. The van der Waals surface area contributed by atoms with E-state index in [1.54, 1.807) is 0 Å². The lowest BCUT2D eigenvalue weighted by molar-refractivity contribution is -0.153. The van der Waals surface area contributed by atoms with Gasteiger partial charge in [-0.1, -0.05) is 0 Å². The number of piperidine rings is 1. The predicted octanol–water partition coefficient (Wildman–Crippen LogP) is 1.95. The molecule has 0 bridgehead atoms. The van der Waals surface area contributed by atoms with Gasteiger partial charge in [-0.2, -0.15) is 13.2 Å². The minimum Gasteiger partial charge on any atom is -0.378 e. The van der Waals surface area contributed by atoms with Gasteiger partial charge in [-0.05, 0) is 38.3 Å². The summed E-state index contributed by atoms with van der Waals surface area (Å²) in [5, 5.41) is 3.19. The van der Waals surface area contributed by atoms with Gasteiger partial charge in [0.2, 0.25) is 0 Å². The van der Waals surface area contributed by atoms with Crippen LogP contribution in [0.5, 0.6) is 0 Å². The maximum Gasteiger partial charge on any atom is 0.392 e. The smallest absolute Gasteiger partial charge is 0.378 e. The van der Waals surface area contributed by atoms with E-state index in [4.69, 9.17) is 4.74 Å². The molecule has 2 rings (SSSR count). The summed E-state index contributed by atoms with van der Waals surface area (Å²) in [6.45, 7) is 2.12. The fourth-order valence-corrected chi connectivity index (χ4v) is 2.05. The zero-order valence-electron chi connectivity index (χ0n) is 8.52. The minimum absolute atomic E-state index is 0.167. The molecule has 1 aliphatic carbocycles. The number of rotatable bonds is 3. The van der Waals surface area contributed by atoms with Crippen LogP contribution in [0.15, 0.2) is 0 Å². The first-order valence-electron chi connectivity index (χ1n) is 5.46. The van der Waals surface area contributed by atoms with Gasteiger partial charge in [0.25, 0.3) is 0 Å². The highest BCUT2D eigenvalue weighted by Crippen LogP contribution is 2.50. The molecule has 1 saturated heterocycles. The van der Waals surface area contributed by atoms with E-state index in [2.05, 4.69) is 5.32 Å². The summed E-state index contributed by atoms with van der Waals surface area (Å²) in [4.78, 5) is 0. The Bertz CT molecular complexity index is 213. The monoisotopic (exact) mass is 223 g/mol. The number of hydrogen-bond acceptors (Lipinski definition) is 2. The van der Waals surface area contributed by atoms with Crippen molar-refractivity contribution in [1.82, 2.24) is 5.32 Å². The van der Waals surface area contributed by atoms with Crippen LogP contribution in [-0.2, 0) is 4.74 Å². The van der Waals surface area contributed by atoms with Crippen molar-refractivity contribution in [2.24, 2.45) is 11.8 Å². The normalized spacial score (nSPS) is 33.0. The first-order valence-corrected chi connectivity index (χ1v) is 5.46. The van der Waals surface area contributed by atoms with Crippen LogP contribution in [-0.4, -0.2) is 32.0 Å². The molecule has 2 atom stereocenters. The highest BCUT2D eigenvalue weighted by molar-refractivity contribution is 4.91. The van der Waals surface area contributed by atoms with E-state index >= 15 is 0 Å². The van der Waals surface area contributed by atoms with E-state index in [1.807, 2.05) is 0 Å². The molecule has 88 valence electrons. The van der Waals surface area contributed by atoms with Crippen LogP contribution in [0.3, 0.4) is 0 Å². The van der Waals surface area contributed by atoms with Crippen molar-refractivity contribution in [2.45, 2.75) is 31.5 Å². The highest BCUT2D eigenvalue weighted by Gasteiger charge is 2.55. The second-order valence-electron chi connectivity index (χ2n) is 4.43. The Hall–Kier alpha value is -0.290. The molecule has 2 nitrogen and oxygen atoms in total. The third-order valence-electron chi connectivity index (χ3n) is 3.18. The molecule has 0 radical (unpaired) electrons. The van der Waals surface area contributed by atoms with Crippen LogP contribution >= 0.6 is 0 Å². The van der Waals surface area contributed by atoms with Gasteiger partial charge >= 0.3 is 6.18 Å². The summed E-state index contributed by atoms with van der Waals surface area (Å²) >= 11 is 0. The van der Waals surface area contributed by atoms with Crippen molar-refractivity contribution in [3.63, 3.8) is 0 Å². The Balaban J connectivity index is 1.63. The van der Waals surface area contributed by atoms with E-state index in [-0.39, 0.29) is 25.0 Å². The van der Waals surface area contributed by atoms with Crippen LogP contribution in [0, 0.1) is 11.8 Å². The van der Waals surface area contributed by atoms with E-state index < -0.39 is 12.1 Å². The molecule has 0 amide bonds. The van der Waals surface area contributed by atoms with Crippen LogP contribution in [0.1, 0.15) is 19.3 Å². The molecule has 0 aromatic heterocycles. The van der Waals surface area contributed by atoms with Gasteiger partial charge in [0.1, 0.15) is 0 Å². The molecule has 0 spiro atoms. The third kappa shape index (κ3) is 3.08. The van der Waals surface area contributed by atoms with Gasteiger partial charge in [0.05, 0.1) is 18.6 Å². The number of halogens is 3. The molecule has 1 aliphatic heterocycles. The van der Waals surface area contributed by atoms with Crippen molar-refractivity contribution < 1.29 is 17.9 Å². The van der Waals surface area contributed by atoms with Crippen molar-refractivity contribution in [3.8, 4) is 0 Å². The lowest BCUT2D eigenvalue weighted by Crippen LogP contribution is -2.33. The van der Waals surface area contributed by atoms with E-state index in [9.17, 15) is 13.2 Å². The molecule has 15 heavy (non-hydrogen) atoms. The third-order valence-corrected chi connectivity index (χ3v) is 3.18. The molecular weight excluding hydrogens is 207 g/mol. The van der Waals surface area contributed by atoms with Crippen LogP contribution in [0.2, 0.25) is 0 Å². The standard InChI is InChI=1S/C10H16F3NO/c11-10(12,13)9-5-7(9)6-15-8-1-3-14-4-2-8/h7-9,14H,1-6H2/t7-,9+/m0/s1. The second kappa shape index (κ2) is 4.29. The molecule has 2 fully saturated rings. The van der Waals surface area contributed by atoms with Crippen molar-refractivity contribution in [2.75, 3.05) is 19.7 Å². The average molecular weight is 223 g/mol. The highest BCUT2D eigenvalue weighted by atomic mass is 19.4. The fraction of sp³-hybridized carbons (Fsp3) is 1.00. The molecule has 0 unspecified atom stereocenters. The van der Waals surface area contributed by atoms with Crippen molar-refractivity contribution in [1.29, 1.82) is 0 Å². The van der Waals surface area contributed by atoms with Gasteiger partial charge in [0, 0.05) is 0 Å². The van der Waals surface area contributed by atoms with E-state index in [0.29, 0.717) is 0 Å². The summed E-state index contributed by atoms with van der Waals surface area (Å²) in [5.41, 5.74) is 0. The summed E-state index contributed by atoms with van der Waals surface area (Å²) in [5.74, 6) is -1.38. The fourth-order valence-electron chi connectivity index (χ4n) is 2.05. The maximum atomic E-state index is 12.2. The Labute approximate surface area is 87.2 Å². The summed E-state index contributed by atoms with van der Waals surface area (Å²) < 4.78 is 42.1. The SMILES string of the molecule is FC(F)(F)[C@@H]1C[C@H]1COC1CCNCC1. The Kier molecular flexibility index (Phi) is 3.21. The van der Waals surface area contributed by atoms with Crippen LogP contribution in [0.4, 0.5) is 13.2 Å². The first-order chi connectivity index (χ1) is 7.07. The Morgan fingerprint density at radius 3 is 2.40 bits per heavy atom. The molecule has 1 N–H and O–H groups in total. The minimum atomic E-state index is -4.01. The maximum absolute atomic E-state index is 12.2. The zero-order chi connectivity index (χ0) is 10.9. The van der Waals surface area contributed by atoms with Crippen LogP contribution < -0.4 is 5.32 Å². The molecule has 1 saturated carbocycles. The lowest BCUT2D eigenvalue weighted by Gasteiger charge is -2.23. The molecule has 0 aromatic rings. The largest absolute Gasteiger partial charge is 0.392 e. The van der Waals surface area contributed by atoms with E-state index in [1.165, 1.54) is 0 Å². The molecular formula is C10H16F3NO.